The largest absolute Gasteiger partial charge is 0.394 e. The van der Waals surface area contributed by atoms with Crippen molar-refractivity contribution in [2.75, 3.05) is 26.2 Å². The third kappa shape index (κ3) is 3.56. The lowest BCUT2D eigenvalue weighted by molar-refractivity contribution is 0.105. The predicted molar refractivity (Wildman–Crippen MR) is 59.2 cm³/mol. The van der Waals surface area contributed by atoms with Crippen LogP contribution in [-0.2, 0) is 0 Å². The van der Waals surface area contributed by atoms with Crippen molar-refractivity contribution in [1.29, 1.82) is 0 Å². The van der Waals surface area contributed by atoms with Crippen LogP contribution in [0.15, 0.2) is 0 Å². The molecule has 0 spiro atoms. The average Bonchev–Trinajstić information content (AvgIpc) is 2.22. The van der Waals surface area contributed by atoms with Crippen LogP contribution in [-0.4, -0.2) is 41.8 Å². The Labute approximate surface area is 87.3 Å². The highest BCUT2D eigenvalue weighted by Gasteiger charge is 2.29. The fraction of sp³-hybridized carbons (Fsp3) is 1.00. The Bertz CT molecular complexity index is 153. The molecule has 1 heterocycles. The summed E-state index contributed by atoms with van der Waals surface area (Å²) in [7, 11) is 0. The molecule has 3 heteroatoms. The van der Waals surface area contributed by atoms with Crippen LogP contribution in [0.25, 0.3) is 0 Å². The summed E-state index contributed by atoms with van der Waals surface area (Å²) in [5.74, 6) is 0. The maximum atomic E-state index is 9.11. The Kier molecular flexibility index (Phi) is 4.85. The number of nitrogens with zero attached hydrogens (tertiary/aromatic N) is 1. The molecule has 1 aliphatic rings. The zero-order valence-corrected chi connectivity index (χ0v) is 9.34. The molecule has 14 heavy (non-hydrogen) atoms. The summed E-state index contributed by atoms with van der Waals surface area (Å²) in [4.78, 5) is 2.47. The van der Waals surface area contributed by atoms with Gasteiger partial charge < -0.3 is 15.7 Å². The zero-order valence-electron chi connectivity index (χ0n) is 9.34. The van der Waals surface area contributed by atoms with Gasteiger partial charge in [0.1, 0.15) is 0 Å². The molecule has 0 aromatic heterocycles. The van der Waals surface area contributed by atoms with E-state index in [1.807, 2.05) is 0 Å². The third-order valence-corrected chi connectivity index (χ3v) is 3.24. The molecular formula is C11H24N2O. The van der Waals surface area contributed by atoms with E-state index in [1.165, 1.54) is 25.8 Å². The SMILES string of the molecule is CCCCCN1CCC(N)(CO)CC1. The van der Waals surface area contributed by atoms with E-state index in [-0.39, 0.29) is 12.1 Å². The maximum Gasteiger partial charge on any atom is 0.0612 e. The normalized spacial score (nSPS) is 22.5. The zero-order chi connectivity index (χ0) is 10.4. The lowest BCUT2D eigenvalue weighted by Crippen LogP contribution is -2.52. The molecule has 1 rings (SSSR count). The third-order valence-electron chi connectivity index (χ3n) is 3.24. The number of unbranched alkanes of at least 4 members (excludes halogenated alkanes) is 2. The second-order valence-electron chi connectivity index (χ2n) is 4.57. The lowest BCUT2D eigenvalue weighted by atomic mass is 9.89. The van der Waals surface area contributed by atoms with Gasteiger partial charge in [-0.3, -0.25) is 0 Å². The summed E-state index contributed by atoms with van der Waals surface area (Å²) < 4.78 is 0. The van der Waals surface area contributed by atoms with E-state index in [0.717, 1.165) is 25.9 Å². The summed E-state index contributed by atoms with van der Waals surface area (Å²) in [6.45, 7) is 5.68. The average molecular weight is 200 g/mol. The van der Waals surface area contributed by atoms with Crippen molar-refractivity contribution in [1.82, 2.24) is 4.90 Å². The number of likely N-dealkylation sites (tertiary alicyclic amines) is 1. The van der Waals surface area contributed by atoms with Crippen molar-refractivity contribution in [2.45, 2.75) is 44.6 Å². The molecule has 0 amide bonds. The van der Waals surface area contributed by atoms with E-state index >= 15 is 0 Å². The topological polar surface area (TPSA) is 49.5 Å². The van der Waals surface area contributed by atoms with Gasteiger partial charge in [-0.25, -0.2) is 0 Å². The summed E-state index contributed by atoms with van der Waals surface area (Å²) >= 11 is 0. The van der Waals surface area contributed by atoms with Gasteiger partial charge in [-0.1, -0.05) is 19.8 Å². The summed E-state index contributed by atoms with van der Waals surface area (Å²) in [6, 6.07) is 0. The Morgan fingerprint density at radius 1 is 1.29 bits per heavy atom. The van der Waals surface area contributed by atoms with Gasteiger partial charge in [-0.15, -0.1) is 0 Å². The van der Waals surface area contributed by atoms with Gasteiger partial charge in [0.15, 0.2) is 0 Å². The first-order chi connectivity index (χ1) is 6.70. The van der Waals surface area contributed by atoms with Gasteiger partial charge >= 0.3 is 0 Å². The van der Waals surface area contributed by atoms with Crippen molar-refractivity contribution in [3.05, 3.63) is 0 Å². The van der Waals surface area contributed by atoms with Crippen LogP contribution >= 0.6 is 0 Å². The summed E-state index contributed by atoms with van der Waals surface area (Å²) in [6.07, 6.45) is 5.79. The first kappa shape index (κ1) is 12.0. The molecular weight excluding hydrogens is 176 g/mol. The molecule has 0 aromatic rings. The first-order valence-corrected chi connectivity index (χ1v) is 5.82. The summed E-state index contributed by atoms with van der Waals surface area (Å²) in [5, 5.41) is 9.11. The number of nitrogens with two attached hydrogens (primary N) is 1. The number of hydrogen-bond acceptors (Lipinski definition) is 3. The summed E-state index contributed by atoms with van der Waals surface area (Å²) in [5.41, 5.74) is 5.71. The molecule has 84 valence electrons. The molecule has 3 nitrogen and oxygen atoms in total. The van der Waals surface area contributed by atoms with E-state index < -0.39 is 0 Å². The van der Waals surface area contributed by atoms with Crippen molar-refractivity contribution >= 4 is 0 Å². The monoisotopic (exact) mass is 200 g/mol. The van der Waals surface area contributed by atoms with Gasteiger partial charge in [0.2, 0.25) is 0 Å². The first-order valence-electron chi connectivity index (χ1n) is 5.82. The van der Waals surface area contributed by atoms with Gasteiger partial charge in [0.05, 0.1) is 6.61 Å². The van der Waals surface area contributed by atoms with E-state index in [2.05, 4.69) is 11.8 Å². The van der Waals surface area contributed by atoms with Crippen molar-refractivity contribution < 1.29 is 5.11 Å². The second kappa shape index (κ2) is 5.69. The van der Waals surface area contributed by atoms with Gasteiger partial charge in [0, 0.05) is 5.54 Å². The number of aliphatic hydroxyl groups is 1. The van der Waals surface area contributed by atoms with Crippen molar-refractivity contribution in [2.24, 2.45) is 5.73 Å². The fourth-order valence-electron chi connectivity index (χ4n) is 1.97. The smallest absolute Gasteiger partial charge is 0.0612 e. The van der Waals surface area contributed by atoms with Gasteiger partial charge in [0.25, 0.3) is 0 Å². The molecule has 1 saturated heterocycles. The lowest BCUT2D eigenvalue weighted by Gasteiger charge is -2.38. The van der Waals surface area contributed by atoms with Crippen LogP contribution in [0.4, 0.5) is 0 Å². The van der Waals surface area contributed by atoms with E-state index in [4.69, 9.17) is 10.8 Å². The molecule has 0 atom stereocenters. The van der Waals surface area contributed by atoms with Crippen LogP contribution in [0, 0.1) is 0 Å². The van der Waals surface area contributed by atoms with E-state index in [1.54, 1.807) is 0 Å². The maximum absolute atomic E-state index is 9.11. The van der Waals surface area contributed by atoms with Gasteiger partial charge in [-0.05, 0) is 38.9 Å². The molecule has 0 saturated carbocycles. The molecule has 0 radical (unpaired) electrons. The number of rotatable bonds is 5. The van der Waals surface area contributed by atoms with Crippen LogP contribution < -0.4 is 5.73 Å². The Balaban J connectivity index is 2.15. The highest BCUT2D eigenvalue weighted by Crippen LogP contribution is 2.19. The molecule has 0 aromatic carbocycles. The van der Waals surface area contributed by atoms with Crippen LogP contribution in [0.1, 0.15) is 39.0 Å². The Morgan fingerprint density at radius 2 is 1.93 bits per heavy atom. The van der Waals surface area contributed by atoms with E-state index in [0.29, 0.717) is 0 Å². The van der Waals surface area contributed by atoms with Crippen molar-refractivity contribution in [3.8, 4) is 0 Å². The molecule has 3 N–H and O–H groups in total. The van der Waals surface area contributed by atoms with Crippen molar-refractivity contribution in [3.63, 3.8) is 0 Å². The minimum Gasteiger partial charge on any atom is -0.394 e. The molecule has 0 aliphatic carbocycles. The number of piperidine rings is 1. The molecule has 1 fully saturated rings. The quantitative estimate of drug-likeness (QED) is 0.650. The number of hydrogen-bond donors (Lipinski definition) is 2. The number of aliphatic hydroxyl groups excluding tert-OH is 1. The second-order valence-corrected chi connectivity index (χ2v) is 4.57. The predicted octanol–water partition coefficient (Wildman–Crippen LogP) is 0.962. The minimum atomic E-state index is -0.290. The van der Waals surface area contributed by atoms with Crippen LogP contribution in [0.2, 0.25) is 0 Å². The van der Waals surface area contributed by atoms with Crippen LogP contribution in [0.5, 0.6) is 0 Å². The highest BCUT2D eigenvalue weighted by molar-refractivity contribution is 4.89. The highest BCUT2D eigenvalue weighted by atomic mass is 16.3. The van der Waals surface area contributed by atoms with Crippen LogP contribution in [0.3, 0.4) is 0 Å². The fourth-order valence-corrected chi connectivity index (χ4v) is 1.97. The molecule has 0 bridgehead atoms. The Hall–Kier alpha value is -0.120. The molecule has 1 aliphatic heterocycles. The van der Waals surface area contributed by atoms with Gasteiger partial charge in [-0.2, -0.15) is 0 Å². The standard InChI is InChI=1S/C11H24N2O/c1-2-3-4-7-13-8-5-11(12,10-14)6-9-13/h14H,2-10,12H2,1H3. The minimum absolute atomic E-state index is 0.135. The van der Waals surface area contributed by atoms with E-state index in [9.17, 15) is 0 Å². The molecule has 0 unspecified atom stereocenters. The Morgan fingerprint density at radius 3 is 2.43 bits per heavy atom.